The van der Waals surface area contributed by atoms with Crippen molar-refractivity contribution in [3.63, 3.8) is 0 Å². The Balaban J connectivity index is 0.00000200. The zero-order valence-electron chi connectivity index (χ0n) is 11.3. The number of nitrogens with two attached hydrogens (primary N) is 1. The first-order chi connectivity index (χ1) is 9.22. The number of halogens is 2. The molecule has 0 radical (unpaired) electrons. The van der Waals surface area contributed by atoms with Gasteiger partial charge in [0.2, 0.25) is 0 Å². The van der Waals surface area contributed by atoms with E-state index in [2.05, 4.69) is 0 Å². The Bertz CT molecular complexity index is 451. The second-order valence-electron chi connectivity index (χ2n) is 4.63. The first kappa shape index (κ1) is 16.7. The van der Waals surface area contributed by atoms with Crippen molar-refractivity contribution < 1.29 is 13.9 Å². The molecule has 1 aromatic rings. The standard InChI is InChI=1S/C14H19FN2O2.ClH/c15-11-4-5-13(19-9-6-16)12(10-11)14(18)17-7-2-1-3-8-17;/h4-5,10H,1-3,6-9,16H2;1H. The molecule has 112 valence electrons. The molecule has 1 heterocycles. The summed E-state index contributed by atoms with van der Waals surface area (Å²) < 4.78 is 18.8. The van der Waals surface area contributed by atoms with Gasteiger partial charge in [0.15, 0.2) is 0 Å². The van der Waals surface area contributed by atoms with E-state index in [1.807, 2.05) is 0 Å². The van der Waals surface area contributed by atoms with E-state index < -0.39 is 5.82 Å². The van der Waals surface area contributed by atoms with Crippen molar-refractivity contribution in [2.45, 2.75) is 19.3 Å². The minimum Gasteiger partial charge on any atom is -0.491 e. The van der Waals surface area contributed by atoms with E-state index in [1.165, 1.54) is 18.2 Å². The number of piperidine rings is 1. The number of carbonyl (C=O) groups excluding carboxylic acids is 1. The first-order valence-electron chi connectivity index (χ1n) is 6.64. The quantitative estimate of drug-likeness (QED) is 0.928. The van der Waals surface area contributed by atoms with Gasteiger partial charge >= 0.3 is 0 Å². The summed E-state index contributed by atoms with van der Waals surface area (Å²) in [6.07, 6.45) is 3.14. The number of carbonyl (C=O) groups is 1. The lowest BCUT2D eigenvalue weighted by Gasteiger charge is -2.27. The van der Waals surface area contributed by atoms with Gasteiger partial charge in [-0.3, -0.25) is 4.79 Å². The molecule has 6 heteroatoms. The van der Waals surface area contributed by atoms with E-state index in [-0.39, 0.29) is 23.9 Å². The maximum atomic E-state index is 13.3. The van der Waals surface area contributed by atoms with Gasteiger partial charge in [0.1, 0.15) is 18.2 Å². The van der Waals surface area contributed by atoms with Crippen LogP contribution in [0.4, 0.5) is 4.39 Å². The lowest BCUT2D eigenvalue weighted by Crippen LogP contribution is -2.36. The van der Waals surface area contributed by atoms with Gasteiger partial charge in [-0.25, -0.2) is 4.39 Å². The maximum absolute atomic E-state index is 13.3. The van der Waals surface area contributed by atoms with Crippen LogP contribution < -0.4 is 10.5 Å². The number of nitrogens with zero attached hydrogens (tertiary/aromatic N) is 1. The number of hydrogen-bond donors (Lipinski definition) is 1. The topological polar surface area (TPSA) is 55.6 Å². The number of likely N-dealkylation sites (tertiary alicyclic amines) is 1. The highest BCUT2D eigenvalue weighted by Crippen LogP contribution is 2.23. The molecule has 2 rings (SSSR count). The molecule has 4 nitrogen and oxygen atoms in total. The Kier molecular flexibility index (Phi) is 6.75. The predicted molar refractivity (Wildman–Crippen MR) is 78.0 cm³/mol. The number of hydrogen-bond acceptors (Lipinski definition) is 3. The van der Waals surface area contributed by atoms with Crippen LogP contribution in [-0.4, -0.2) is 37.0 Å². The highest BCUT2D eigenvalue weighted by atomic mass is 35.5. The van der Waals surface area contributed by atoms with Gasteiger partial charge in [-0.2, -0.15) is 0 Å². The Labute approximate surface area is 124 Å². The molecule has 0 saturated carbocycles. The molecule has 1 saturated heterocycles. The molecule has 2 N–H and O–H groups in total. The smallest absolute Gasteiger partial charge is 0.257 e. The van der Waals surface area contributed by atoms with Crippen LogP contribution in [0, 0.1) is 5.82 Å². The third-order valence-electron chi connectivity index (χ3n) is 3.19. The summed E-state index contributed by atoms with van der Waals surface area (Å²) in [5.74, 6) is -0.186. The van der Waals surface area contributed by atoms with Gasteiger partial charge in [0.25, 0.3) is 5.91 Å². The van der Waals surface area contributed by atoms with Crippen molar-refractivity contribution in [3.8, 4) is 5.75 Å². The van der Waals surface area contributed by atoms with E-state index >= 15 is 0 Å². The van der Waals surface area contributed by atoms with Crippen LogP contribution in [-0.2, 0) is 0 Å². The third-order valence-corrected chi connectivity index (χ3v) is 3.19. The Morgan fingerprint density at radius 1 is 1.30 bits per heavy atom. The molecule has 0 aromatic heterocycles. The van der Waals surface area contributed by atoms with Crippen molar-refractivity contribution in [1.82, 2.24) is 4.90 Å². The highest BCUT2D eigenvalue weighted by molar-refractivity contribution is 5.97. The molecular formula is C14H20ClFN2O2. The second-order valence-corrected chi connectivity index (χ2v) is 4.63. The summed E-state index contributed by atoms with van der Waals surface area (Å²) in [5.41, 5.74) is 5.67. The first-order valence-corrected chi connectivity index (χ1v) is 6.64. The average Bonchev–Trinajstić information content (AvgIpc) is 2.46. The van der Waals surface area contributed by atoms with Crippen LogP contribution in [0.25, 0.3) is 0 Å². The molecule has 1 aromatic carbocycles. The number of rotatable bonds is 4. The van der Waals surface area contributed by atoms with Crippen LogP contribution in [0.1, 0.15) is 29.6 Å². The van der Waals surface area contributed by atoms with Crippen LogP contribution in [0.15, 0.2) is 18.2 Å². The SMILES string of the molecule is Cl.NCCOc1ccc(F)cc1C(=O)N1CCCCC1. The molecule has 1 fully saturated rings. The largest absolute Gasteiger partial charge is 0.491 e. The minimum atomic E-state index is -0.430. The zero-order chi connectivity index (χ0) is 13.7. The summed E-state index contributed by atoms with van der Waals surface area (Å²) in [7, 11) is 0. The summed E-state index contributed by atoms with van der Waals surface area (Å²) in [6.45, 7) is 2.12. The van der Waals surface area contributed by atoms with Crippen LogP contribution in [0.2, 0.25) is 0 Å². The minimum absolute atomic E-state index is 0. The van der Waals surface area contributed by atoms with Gasteiger partial charge in [-0.1, -0.05) is 0 Å². The average molecular weight is 303 g/mol. The number of ether oxygens (including phenoxy) is 1. The van der Waals surface area contributed by atoms with Crippen molar-refractivity contribution in [2.24, 2.45) is 5.73 Å². The van der Waals surface area contributed by atoms with Crippen LogP contribution in [0.3, 0.4) is 0 Å². The van der Waals surface area contributed by atoms with Gasteiger partial charge in [0, 0.05) is 19.6 Å². The molecule has 1 amide bonds. The van der Waals surface area contributed by atoms with E-state index in [0.29, 0.717) is 18.9 Å². The van der Waals surface area contributed by atoms with Crippen molar-refractivity contribution in [3.05, 3.63) is 29.6 Å². The summed E-state index contributed by atoms with van der Waals surface area (Å²) in [5, 5.41) is 0. The van der Waals surface area contributed by atoms with Crippen LogP contribution >= 0.6 is 12.4 Å². The number of benzene rings is 1. The maximum Gasteiger partial charge on any atom is 0.257 e. The molecule has 1 aliphatic heterocycles. The monoisotopic (exact) mass is 302 g/mol. The molecule has 0 aliphatic carbocycles. The van der Waals surface area contributed by atoms with Crippen LogP contribution in [0.5, 0.6) is 5.75 Å². The summed E-state index contributed by atoms with van der Waals surface area (Å²) >= 11 is 0. The summed E-state index contributed by atoms with van der Waals surface area (Å²) in [6, 6.07) is 4.02. The molecule has 1 aliphatic rings. The van der Waals surface area contributed by atoms with E-state index in [1.54, 1.807) is 4.90 Å². The van der Waals surface area contributed by atoms with E-state index in [9.17, 15) is 9.18 Å². The molecule has 0 atom stereocenters. The highest BCUT2D eigenvalue weighted by Gasteiger charge is 2.22. The molecule has 0 spiro atoms. The zero-order valence-corrected chi connectivity index (χ0v) is 12.1. The summed E-state index contributed by atoms with van der Waals surface area (Å²) in [4.78, 5) is 14.1. The van der Waals surface area contributed by atoms with Gasteiger partial charge < -0.3 is 15.4 Å². The van der Waals surface area contributed by atoms with Crippen molar-refractivity contribution in [2.75, 3.05) is 26.2 Å². The predicted octanol–water partition coefficient (Wildman–Crippen LogP) is 2.21. The molecule has 0 bridgehead atoms. The second kappa shape index (κ2) is 8.07. The number of amides is 1. The fourth-order valence-corrected chi connectivity index (χ4v) is 2.23. The van der Waals surface area contributed by atoms with Gasteiger partial charge in [-0.05, 0) is 37.5 Å². The lowest BCUT2D eigenvalue weighted by molar-refractivity contribution is 0.0719. The lowest BCUT2D eigenvalue weighted by atomic mass is 10.1. The van der Waals surface area contributed by atoms with Gasteiger partial charge in [0.05, 0.1) is 5.56 Å². The third kappa shape index (κ3) is 4.08. The van der Waals surface area contributed by atoms with Gasteiger partial charge in [-0.15, -0.1) is 12.4 Å². The Morgan fingerprint density at radius 3 is 2.65 bits per heavy atom. The molecule has 0 unspecified atom stereocenters. The Morgan fingerprint density at radius 2 is 2.00 bits per heavy atom. The van der Waals surface area contributed by atoms with Crippen molar-refractivity contribution in [1.29, 1.82) is 0 Å². The normalized spacial score (nSPS) is 14.6. The molecular weight excluding hydrogens is 283 g/mol. The fraction of sp³-hybridized carbons (Fsp3) is 0.500. The Hall–Kier alpha value is -1.33. The molecule has 20 heavy (non-hydrogen) atoms. The van der Waals surface area contributed by atoms with E-state index in [0.717, 1.165) is 32.4 Å². The van der Waals surface area contributed by atoms with E-state index in [4.69, 9.17) is 10.5 Å². The van der Waals surface area contributed by atoms with Crippen molar-refractivity contribution >= 4 is 18.3 Å². The fourth-order valence-electron chi connectivity index (χ4n) is 2.23.